The quantitative estimate of drug-likeness (QED) is 0.687. The molecule has 1 amide bonds. The third kappa shape index (κ3) is 2.81. The smallest absolute Gasteiger partial charge is 0.236 e. The number of primary amides is 1. The highest BCUT2D eigenvalue weighted by molar-refractivity contribution is 14.1. The lowest BCUT2D eigenvalue weighted by Gasteiger charge is -2.22. The van der Waals surface area contributed by atoms with E-state index in [-0.39, 0.29) is 18.0 Å². The van der Waals surface area contributed by atoms with Crippen LogP contribution in [0.1, 0.15) is 13.0 Å². The number of amides is 1. The van der Waals surface area contributed by atoms with E-state index in [1.807, 2.05) is 11.5 Å². The van der Waals surface area contributed by atoms with Gasteiger partial charge in [-0.1, -0.05) is 0 Å². The fraction of sp³-hybridized carbons (Fsp3) is 0.500. The number of imidazole rings is 1. The number of rotatable bonds is 4. The van der Waals surface area contributed by atoms with Gasteiger partial charge in [0.05, 0.1) is 12.4 Å². The summed E-state index contributed by atoms with van der Waals surface area (Å²) >= 11 is 4.36. The van der Waals surface area contributed by atoms with Crippen molar-refractivity contribution in [3.8, 4) is 0 Å². The number of halogens is 2. The van der Waals surface area contributed by atoms with E-state index in [1.165, 1.54) is 0 Å². The fourth-order valence-electron chi connectivity index (χ4n) is 1.39. The van der Waals surface area contributed by atoms with Gasteiger partial charge in [-0.15, -0.1) is 0 Å². The molecule has 0 radical (unpaired) electrons. The van der Waals surface area contributed by atoms with Crippen LogP contribution >= 0.6 is 45.2 Å². The summed E-state index contributed by atoms with van der Waals surface area (Å²) in [6.07, 6.45) is 1.72. The van der Waals surface area contributed by atoms with E-state index >= 15 is 0 Å². The average Bonchev–Trinajstić information content (AvgIpc) is 2.48. The lowest BCUT2D eigenvalue weighted by atomic mass is 10.1. The zero-order valence-corrected chi connectivity index (χ0v) is 12.7. The first kappa shape index (κ1) is 13.2. The monoisotopic (exact) mass is 434 g/mol. The van der Waals surface area contributed by atoms with Crippen LogP contribution in [0.5, 0.6) is 0 Å². The lowest BCUT2D eigenvalue weighted by molar-refractivity contribution is -0.120. The first-order chi connectivity index (χ1) is 6.99. The van der Waals surface area contributed by atoms with Crippen molar-refractivity contribution in [2.45, 2.75) is 19.0 Å². The van der Waals surface area contributed by atoms with Crippen LogP contribution in [-0.4, -0.2) is 28.5 Å². The van der Waals surface area contributed by atoms with E-state index in [1.54, 1.807) is 13.4 Å². The van der Waals surface area contributed by atoms with Crippen molar-refractivity contribution >= 4 is 51.1 Å². The van der Waals surface area contributed by atoms with Gasteiger partial charge in [-0.3, -0.25) is 4.79 Å². The molecule has 0 bridgehead atoms. The van der Waals surface area contributed by atoms with Gasteiger partial charge in [0, 0.05) is 0 Å². The molecule has 15 heavy (non-hydrogen) atoms. The molecule has 3 N–H and O–H groups in total. The minimum Gasteiger partial charge on any atom is -0.368 e. The largest absolute Gasteiger partial charge is 0.368 e. The van der Waals surface area contributed by atoms with Gasteiger partial charge < -0.3 is 15.6 Å². The van der Waals surface area contributed by atoms with Gasteiger partial charge in [0.2, 0.25) is 5.91 Å². The van der Waals surface area contributed by atoms with Gasteiger partial charge in [0.1, 0.15) is 13.4 Å². The van der Waals surface area contributed by atoms with Crippen LogP contribution in [0, 0.1) is 7.40 Å². The maximum atomic E-state index is 11.2. The normalized spacial score (nSPS) is 14.9. The Labute approximate surface area is 115 Å². The zero-order valence-electron chi connectivity index (χ0n) is 8.37. The van der Waals surface area contributed by atoms with Crippen molar-refractivity contribution in [2.24, 2.45) is 5.73 Å². The Morgan fingerprint density at radius 2 is 2.27 bits per heavy atom. The zero-order chi connectivity index (χ0) is 11.6. The molecule has 2 unspecified atom stereocenters. The molecule has 1 heterocycles. The predicted octanol–water partition coefficient (Wildman–Crippen LogP) is 0.727. The number of hydrogen-bond acceptors (Lipinski definition) is 3. The van der Waals surface area contributed by atoms with Gasteiger partial charge in [0.25, 0.3) is 0 Å². The molecule has 2 atom stereocenters. The first-order valence-corrected chi connectivity index (χ1v) is 6.49. The Bertz CT molecular complexity index is 366. The molecule has 0 aromatic carbocycles. The number of nitrogens with zero attached hydrogens (tertiary/aromatic N) is 2. The number of carbonyl (C=O) groups is 1. The second-order valence-corrected chi connectivity index (χ2v) is 5.19. The van der Waals surface area contributed by atoms with Crippen molar-refractivity contribution < 1.29 is 4.79 Å². The highest BCUT2D eigenvalue weighted by atomic mass is 127. The first-order valence-electron chi connectivity index (χ1n) is 4.33. The maximum Gasteiger partial charge on any atom is 0.236 e. The summed E-state index contributed by atoms with van der Waals surface area (Å²) in [4.78, 5) is 15.4. The topological polar surface area (TPSA) is 72.9 Å². The molecule has 84 valence electrons. The second-order valence-electron chi connectivity index (χ2n) is 3.14. The number of hydrogen-bond donors (Lipinski definition) is 2. The third-order valence-corrected chi connectivity index (χ3v) is 5.12. The van der Waals surface area contributed by atoms with Crippen LogP contribution in [0.15, 0.2) is 6.33 Å². The van der Waals surface area contributed by atoms with E-state index in [0.717, 1.165) is 7.40 Å². The van der Waals surface area contributed by atoms with E-state index in [4.69, 9.17) is 5.73 Å². The van der Waals surface area contributed by atoms with Gasteiger partial charge >= 0.3 is 0 Å². The number of aromatic nitrogens is 2. The van der Waals surface area contributed by atoms with Gasteiger partial charge in [-0.25, -0.2) is 4.98 Å². The molecule has 1 aromatic rings. The van der Waals surface area contributed by atoms with Crippen molar-refractivity contribution in [3.05, 3.63) is 13.7 Å². The standard InChI is InChI=1S/C8H12I2N4O/c1-4(5(12-2)8(11)15)14-3-13-6(9)7(14)10/h3-5,12H,1-2H3,(H2,11,15). The molecule has 1 rings (SSSR count). The van der Waals surface area contributed by atoms with E-state index in [0.29, 0.717) is 0 Å². The predicted molar refractivity (Wildman–Crippen MR) is 74.4 cm³/mol. The van der Waals surface area contributed by atoms with E-state index < -0.39 is 0 Å². The van der Waals surface area contributed by atoms with Crippen molar-refractivity contribution in [2.75, 3.05) is 7.05 Å². The summed E-state index contributed by atoms with van der Waals surface area (Å²) in [5.74, 6) is -0.357. The second kappa shape index (κ2) is 5.43. The molecule has 5 nitrogen and oxygen atoms in total. The number of carbonyl (C=O) groups excluding carboxylic acids is 1. The van der Waals surface area contributed by atoms with Crippen molar-refractivity contribution in [1.82, 2.24) is 14.9 Å². The molecule has 1 aromatic heterocycles. The van der Waals surface area contributed by atoms with Crippen molar-refractivity contribution in [1.29, 1.82) is 0 Å². The van der Waals surface area contributed by atoms with Crippen LogP contribution in [-0.2, 0) is 4.79 Å². The summed E-state index contributed by atoms with van der Waals surface area (Å²) < 4.78 is 3.88. The van der Waals surface area contributed by atoms with Gasteiger partial charge in [-0.2, -0.15) is 0 Å². The molecule has 0 spiro atoms. The highest BCUT2D eigenvalue weighted by Gasteiger charge is 2.24. The molecular weight excluding hydrogens is 422 g/mol. The molecular formula is C8H12I2N4O. The van der Waals surface area contributed by atoms with E-state index in [2.05, 4.69) is 55.5 Å². The van der Waals surface area contributed by atoms with Crippen molar-refractivity contribution in [3.63, 3.8) is 0 Å². The molecule has 0 aliphatic carbocycles. The van der Waals surface area contributed by atoms with Crippen LogP contribution in [0.4, 0.5) is 0 Å². The number of likely N-dealkylation sites (N-methyl/N-ethyl adjacent to an activating group) is 1. The summed E-state index contributed by atoms with van der Waals surface area (Å²) in [7, 11) is 1.72. The summed E-state index contributed by atoms with van der Waals surface area (Å²) in [6.45, 7) is 1.94. The van der Waals surface area contributed by atoms with Crippen LogP contribution in [0.25, 0.3) is 0 Å². The maximum absolute atomic E-state index is 11.2. The number of nitrogens with two attached hydrogens (primary N) is 1. The SMILES string of the molecule is CNC(C(N)=O)C(C)n1cnc(I)c1I. The molecule has 0 aliphatic rings. The lowest BCUT2D eigenvalue weighted by Crippen LogP contribution is -2.44. The third-order valence-electron chi connectivity index (χ3n) is 2.23. The minimum absolute atomic E-state index is 0.0459. The van der Waals surface area contributed by atoms with Gasteiger partial charge in [-0.05, 0) is 59.2 Å². The molecule has 0 saturated carbocycles. The number of nitrogens with one attached hydrogen (secondary N) is 1. The Morgan fingerprint density at radius 1 is 1.67 bits per heavy atom. The molecule has 0 saturated heterocycles. The van der Waals surface area contributed by atoms with Crippen LogP contribution in [0.2, 0.25) is 0 Å². The molecule has 0 fully saturated rings. The Balaban J connectivity index is 2.97. The Hall–Kier alpha value is 0.100. The fourth-order valence-corrected chi connectivity index (χ4v) is 2.50. The highest BCUT2D eigenvalue weighted by Crippen LogP contribution is 2.19. The Kier molecular flexibility index (Phi) is 4.77. The Morgan fingerprint density at radius 3 is 2.60 bits per heavy atom. The summed E-state index contributed by atoms with van der Waals surface area (Å²) in [5.41, 5.74) is 5.30. The minimum atomic E-state index is -0.386. The molecule has 7 heteroatoms. The van der Waals surface area contributed by atoms with E-state index in [9.17, 15) is 4.79 Å². The summed E-state index contributed by atoms with van der Waals surface area (Å²) in [6, 6.07) is -0.432. The molecule has 0 aliphatic heterocycles. The van der Waals surface area contributed by atoms with Crippen LogP contribution < -0.4 is 11.1 Å². The average molecular weight is 434 g/mol. The van der Waals surface area contributed by atoms with Gasteiger partial charge in [0.15, 0.2) is 0 Å². The van der Waals surface area contributed by atoms with Crippen LogP contribution in [0.3, 0.4) is 0 Å². The summed E-state index contributed by atoms with van der Waals surface area (Å²) in [5, 5.41) is 2.91.